The molecule has 0 saturated carbocycles. The molecule has 2 heterocycles. The van der Waals surface area contributed by atoms with Crippen molar-refractivity contribution in [1.82, 2.24) is 4.98 Å². The molecule has 0 radical (unpaired) electrons. The first-order valence-electron chi connectivity index (χ1n) is 7.12. The van der Waals surface area contributed by atoms with Crippen molar-refractivity contribution in [2.24, 2.45) is 0 Å². The molecule has 0 atom stereocenters. The lowest BCUT2D eigenvalue weighted by atomic mass is 10.2. The smallest absolute Gasteiger partial charge is 0.333 e. The molecule has 3 rings (SSSR count). The molecule has 7 heteroatoms. The van der Waals surface area contributed by atoms with E-state index in [1.54, 1.807) is 29.5 Å². The Bertz CT molecular complexity index is 934. The molecule has 6 nitrogen and oxygen atoms in total. The number of hydrogen-bond donors (Lipinski definition) is 0. The van der Waals surface area contributed by atoms with E-state index < -0.39 is 4.92 Å². The third kappa shape index (κ3) is 3.31. The molecule has 1 aromatic carbocycles. The van der Waals surface area contributed by atoms with Crippen LogP contribution in [0.2, 0.25) is 0 Å². The normalized spacial score (nSPS) is 11.0. The quantitative estimate of drug-likeness (QED) is 0.313. The Labute approximate surface area is 142 Å². The molecule has 120 valence electrons. The number of nitrogens with zero attached hydrogens (tertiary/aromatic N) is 3. The van der Waals surface area contributed by atoms with Crippen LogP contribution in [0.3, 0.4) is 0 Å². The monoisotopic (exact) mass is 339 g/mol. The SMILES string of the molecule is Cc1ccc(C=Cc2ccnc(-c3cccc([N+](=O)[O-])c3)[n+]2[O-])s1. The van der Waals surface area contributed by atoms with E-state index in [4.69, 9.17) is 0 Å². The van der Waals surface area contributed by atoms with Gasteiger partial charge in [0.1, 0.15) is 11.9 Å². The summed E-state index contributed by atoms with van der Waals surface area (Å²) in [6, 6.07) is 11.5. The fraction of sp³-hybridized carbons (Fsp3) is 0.0588. The third-order valence-corrected chi connectivity index (χ3v) is 4.33. The van der Waals surface area contributed by atoms with Crippen LogP contribution < -0.4 is 4.73 Å². The predicted molar refractivity (Wildman–Crippen MR) is 93.3 cm³/mol. The van der Waals surface area contributed by atoms with Gasteiger partial charge >= 0.3 is 5.82 Å². The standard InChI is InChI=1S/C17H13N3O3S/c1-12-5-7-16(24-12)8-6-14-9-10-18-17(19(14)21)13-3-2-4-15(11-13)20(22)23/h2-11H,1H3. The van der Waals surface area contributed by atoms with Crippen molar-refractivity contribution in [2.45, 2.75) is 6.92 Å². The maximum absolute atomic E-state index is 12.5. The van der Waals surface area contributed by atoms with Crippen molar-refractivity contribution in [3.63, 3.8) is 0 Å². The molecule has 0 N–H and O–H groups in total. The van der Waals surface area contributed by atoms with E-state index in [1.807, 2.05) is 25.1 Å². The summed E-state index contributed by atoms with van der Waals surface area (Å²) in [5, 5.41) is 23.4. The summed E-state index contributed by atoms with van der Waals surface area (Å²) < 4.78 is 0.677. The van der Waals surface area contributed by atoms with Crippen LogP contribution >= 0.6 is 11.3 Å². The molecule has 0 amide bonds. The summed E-state index contributed by atoms with van der Waals surface area (Å²) in [6.45, 7) is 2.02. The molecule has 3 aromatic rings. The van der Waals surface area contributed by atoms with Gasteiger partial charge < -0.3 is 5.21 Å². The Balaban J connectivity index is 1.98. The molecular weight excluding hydrogens is 326 g/mol. The molecule has 0 bridgehead atoms. The summed E-state index contributed by atoms with van der Waals surface area (Å²) in [7, 11) is 0. The van der Waals surface area contributed by atoms with Gasteiger partial charge in [-0.15, -0.1) is 11.3 Å². The fourth-order valence-corrected chi connectivity index (χ4v) is 2.99. The fourth-order valence-electron chi connectivity index (χ4n) is 2.21. The lowest BCUT2D eigenvalue weighted by Gasteiger charge is -2.08. The molecule has 0 aliphatic heterocycles. The summed E-state index contributed by atoms with van der Waals surface area (Å²) in [5.74, 6) is 0.128. The highest BCUT2D eigenvalue weighted by molar-refractivity contribution is 7.12. The Kier molecular flexibility index (Phi) is 4.35. The Morgan fingerprint density at radius 3 is 2.75 bits per heavy atom. The lowest BCUT2D eigenvalue weighted by molar-refractivity contribution is -0.598. The highest BCUT2D eigenvalue weighted by Gasteiger charge is 2.16. The first kappa shape index (κ1) is 15.8. The average molecular weight is 339 g/mol. The topological polar surface area (TPSA) is 83.0 Å². The van der Waals surface area contributed by atoms with Crippen molar-refractivity contribution < 1.29 is 9.65 Å². The number of rotatable bonds is 4. The van der Waals surface area contributed by atoms with Gasteiger partial charge in [-0.3, -0.25) is 10.1 Å². The van der Waals surface area contributed by atoms with Crippen LogP contribution in [0.1, 0.15) is 15.4 Å². The zero-order valence-electron chi connectivity index (χ0n) is 12.7. The van der Waals surface area contributed by atoms with Crippen molar-refractivity contribution in [1.29, 1.82) is 0 Å². The lowest BCUT2D eigenvalue weighted by Crippen LogP contribution is -2.33. The minimum Gasteiger partial charge on any atom is -0.710 e. The van der Waals surface area contributed by atoms with Crippen LogP contribution in [0, 0.1) is 22.2 Å². The molecule has 0 saturated heterocycles. The molecule has 0 spiro atoms. The first-order chi connectivity index (χ1) is 11.5. The van der Waals surface area contributed by atoms with E-state index in [0.29, 0.717) is 16.0 Å². The second kappa shape index (κ2) is 6.59. The summed E-state index contributed by atoms with van der Waals surface area (Å²) in [4.78, 5) is 16.7. The van der Waals surface area contributed by atoms with Crippen LogP contribution in [0.4, 0.5) is 5.69 Å². The zero-order valence-corrected chi connectivity index (χ0v) is 13.6. The zero-order chi connectivity index (χ0) is 17.1. The molecule has 2 aromatic heterocycles. The second-order valence-electron chi connectivity index (χ2n) is 5.08. The van der Waals surface area contributed by atoms with Crippen molar-refractivity contribution in [2.75, 3.05) is 0 Å². The van der Waals surface area contributed by atoms with Gasteiger partial charge in [0.25, 0.3) is 5.69 Å². The molecule has 0 aliphatic rings. The van der Waals surface area contributed by atoms with Crippen LogP contribution in [0.15, 0.2) is 48.7 Å². The van der Waals surface area contributed by atoms with Crippen LogP contribution in [-0.4, -0.2) is 9.91 Å². The van der Waals surface area contributed by atoms with E-state index in [1.165, 1.54) is 29.3 Å². The highest BCUT2D eigenvalue weighted by atomic mass is 32.1. The number of nitro benzene ring substituents is 1. The van der Waals surface area contributed by atoms with Gasteiger partial charge in [-0.05, 0) is 42.3 Å². The van der Waals surface area contributed by atoms with Crippen LogP contribution in [0.5, 0.6) is 0 Å². The van der Waals surface area contributed by atoms with Crippen molar-refractivity contribution in [3.05, 3.63) is 79.4 Å². The van der Waals surface area contributed by atoms with Crippen molar-refractivity contribution in [3.8, 4) is 11.4 Å². The Morgan fingerprint density at radius 1 is 1.21 bits per heavy atom. The number of aryl methyl sites for hydroxylation is 1. The number of aromatic nitrogens is 2. The maximum atomic E-state index is 12.5. The number of non-ortho nitro benzene ring substituents is 1. The second-order valence-corrected chi connectivity index (χ2v) is 6.40. The summed E-state index contributed by atoms with van der Waals surface area (Å²) in [5.41, 5.74) is 0.739. The van der Waals surface area contributed by atoms with E-state index in [0.717, 1.165) is 4.88 Å². The summed E-state index contributed by atoms with van der Waals surface area (Å²) >= 11 is 1.63. The Hall–Kier alpha value is -3.06. The number of thiophene rings is 1. The Morgan fingerprint density at radius 2 is 2.04 bits per heavy atom. The van der Waals surface area contributed by atoms with Crippen molar-refractivity contribution >= 4 is 29.2 Å². The number of nitro groups is 1. The molecule has 24 heavy (non-hydrogen) atoms. The van der Waals surface area contributed by atoms with Gasteiger partial charge in [0, 0.05) is 28.0 Å². The molecule has 0 aliphatic carbocycles. The largest absolute Gasteiger partial charge is 0.710 e. The van der Waals surface area contributed by atoms with Gasteiger partial charge in [-0.25, -0.2) is 4.73 Å². The average Bonchev–Trinajstić information content (AvgIpc) is 2.99. The minimum absolute atomic E-state index is 0.0793. The van der Waals surface area contributed by atoms with E-state index >= 15 is 0 Å². The van der Waals surface area contributed by atoms with Gasteiger partial charge in [0.15, 0.2) is 0 Å². The maximum Gasteiger partial charge on any atom is 0.333 e. The minimum atomic E-state index is -0.498. The third-order valence-electron chi connectivity index (χ3n) is 3.36. The molecule has 0 fully saturated rings. The van der Waals surface area contributed by atoms with Gasteiger partial charge in [-0.1, -0.05) is 6.07 Å². The molecular formula is C17H13N3O3S. The highest BCUT2D eigenvalue weighted by Crippen LogP contribution is 2.21. The van der Waals surface area contributed by atoms with Gasteiger partial charge in [-0.2, -0.15) is 0 Å². The van der Waals surface area contributed by atoms with E-state index in [2.05, 4.69) is 4.98 Å². The predicted octanol–water partition coefficient (Wildman–Crippen LogP) is 3.83. The van der Waals surface area contributed by atoms with Crippen LogP contribution in [0.25, 0.3) is 23.5 Å². The number of benzene rings is 1. The van der Waals surface area contributed by atoms with E-state index in [-0.39, 0.29) is 11.5 Å². The number of hydrogen-bond acceptors (Lipinski definition) is 5. The van der Waals surface area contributed by atoms with Gasteiger partial charge in [0.2, 0.25) is 0 Å². The van der Waals surface area contributed by atoms with E-state index in [9.17, 15) is 15.3 Å². The molecule has 0 unspecified atom stereocenters. The first-order valence-corrected chi connectivity index (χ1v) is 7.94. The van der Waals surface area contributed by atoms with Crippen LogP contribution in [-0.2, 0) is 0 Å². The van der Waals surface area contributed by atoms with Gasteiger partial charge in [0.05, 0.1) is 10.5 Å². The summed E-state index contributed by atoms with van der Waals surface area (Å²) in [6.07, 6.45) is 5.08.